The van der Waals surface area contributed by atoms with Crippen molar-refractivity contribution < 1.29 is 0 Å². The summed E-state index contributed by atoms with van der Waals surface area (Å²) >= 11 is 1.74. The molecule has 0 aliphatic rings. The third-order valence-electron chi connectivity index (χ3n) is 2.62. The minimum atomic E-state index is 0.858. The maximum absolute atomic E-state index is 4.23. The molecule has 0 aliphatic heterocycles. The summed E-state index contributed by atoms with van der Waals surface area (Å²) in [5.41, 5.74) is 2.47. The molecule has 0 aromatic carbocycles. The van der Waals surface area contributed by atoms with Crippen molar-refractivity contribution in [1.82, 2.24) is 20.1 Å². The Kier molecular flexibility index (Phi) is 3.36. The molecule has 86 valence electrons. The fourth-order valence-corrected chi connectivity index (χ4v) is 2.29. The van der Waals surface area contributed by atoms with E-state index >= 15 is 0 Å². The zero-order chi connectivity index (χ0) is 11.5. The van der Waals surface area contributed by atoms with Crippen LogP contribution in [-0.4, -0.2) is 14.8 Å². The second-order valence-corrected chi connectivity index (χ2v) is 5.15. The number of aryl methyl sites for hydroxylation is 2. The maximum atomic E-state index is 4.23. The molecule has 4 nitrogen and oxygen atoms in total. The first-order valence-electron chi connectivity index (χ1n) is 5.26. The molecule has 0 unspecified atom stereocenters. The molecule has 2 aromatic heterocycles. The molecular weight excluding hydrogens is 220 g/mol. The van der Waals surface area contributed by atoms with Crippen LogP contribution in [0.5, 0.6) is 0 Å². The summed E-state index contributed by atoms with van der Waals surface area (Å²) in [6.45, 7) is 5.84. The van der Waals surface area contributed by atoms with Crippen molar-refractivity contribution in [2.75, 3.05) is 0 Å². The lowest BCUT2D eigenvalue weighted by atomic mass is 10.2. The van der Waals surface area contributed by atoms with Crippen molar-refractivity contribution >= 4 is 11.3 Å². The van der Waals surface area contributed by atoms with Crippen LogP contribution >= 0.6 is 11.3 Å². The van der Waals surface area contributed by atoms with Crippen LogP contribution in [0.1, 0.15) is 21.1 Å². The zero-order valence-electron chi connectivity index (χ0n) is 9.82. The van der Waals surface area contributed by atoms with Gasteiger partial charge in [0.25, 0.3) is 0 Å². The van der Waals surface area contributed by atoms with E-state index in [1.54, 1.807) is 11.3 Å². The van der Waals surface area contributed by atoms with Crippen LogP contribution in [0.3, 0.4) is 0 Å². The number of hydrogen-bond acceptors (Lipinski definition) is 4. The van der Waals surface area contributed by atoms with Gasteiger partial charge in [0.2, 0.25) is 0 Å². The molecule has 5 heteroatoms. The van der Waals surface area contributed by atoms with Crippen LogP contribution in [-0.2, 0) is 20.1 Å². The first-order valence-corrected chi connectivity index (χ1v) is 6.08. The van der Waals surface area contributed by atoms with Crippen LogP contribution < -0.4 is 5.32 Å². The molecule has 0 spiro atoms. The highest BCUT2D eigenvalue weighted by Crippen LogP contribution is 2.11. The minimum absolute atomic E-state index is 0.858. The molecule has 2 aromatic rings. The summed E-state index contributed by atoms with van der Waals surface area (Å²) in [5, 5.41) is 8.74. The van der Waals surface area contributed by atoms with Crippen LogP contribution in [0.4, 0.5) is 0 Å². The molecule has 0 aliphatic carbocycles. The molecule has 2 heterocycles. The summed E-state index contributed by atoms with van der Waals surface area (Å²) in [6, 6.07) is 0. The topological polar surface area (TPSA) is 42.7 Å². The van der Waals surface area contributed by atoms with Gasteiger partial charge in [0.05, 0.1) is 11.2 Å². The lowest BCUT2D eigenvalue weighted by Crippen LogP contribution is -2.12. The Labute approximate surface area is 99.3 Å². The number of thiazole rings is 1. The highest BCUT2D eigenvalue weighted by Gasteiger charge is 2.03. The van der Waals surface area contributed by atoms with Gasteiger partial charge in [-0.15, -0.1) is 11.3 Å². The Balaban J connectivity index is 1.86. The average Bonchev–Trinajstić information content (AvgIpc) is 2.79. The van der Waals surface area contributed by atoms with E-state index in [4.69, 9.17) is 0 Å². The van der Waals surface area contributed by atoms with E-state index in [0.29, 0.717) is 0 Å². The van der Waals surface area contributed by atoms with Crippen molar-refractivity contribution in [1.29, 1.82) is 0 Å². The number of hydrogen-bond donors (Lipinski definition) is 1. The van der Waals surface area contributed by atoms with Crippen LogP contribution in [0.15, 0.2) is 12.4 Å². The van der Waals surface area contributed by atoms with Crippen molar-refractivity contribution in [2.45, 2.75) is 26.9 Å². The van der Waals surface area contributed by atoms with Gasteiger partial charge in [0.15, 0.2) is 0 Å². The van der Waals surface area contributed by atoms with Gasteiger partial charge in [-0.3, -0.25) is 4.68 Å². The van der Waals surface area contributed by atoms with E-state index in [1.165, 1.54) is 16.1 Å². The first-order chi connectivity index (χ1) is 7.66. The van der Waals surface area contributed by atoms with Crippen molar-refractivity contribution in [3.8, 4) is 0 Å². The van der Waals surface area contributed by atoms with Gasteiger partial charge in [-0.2, -0.15) is 5.10 Å². The van der Waals surface area contributed by atoms with Crippen LogP contribution in [0.2, 0.25) is 0 Å². The molecule has 0 saturated carbocycles. The SMILES string of the molecule is Cc1ncc(CNCc2cnn(C)c2C)s1. The Morgan fingerprint density at radius 2 is 2.12 bits per heavy atom. The third kappa shape index (κ3) is 2.48. The summed E-state index contributed by atoms with van der Waals surface area (Å²) in [6.07, 6.45) is 3.85. The first kappa shape index (κ1) is 11.3. The molecule has 0 atom stereocenters. The molecule has 0 saturated heterocycles. The van der Waals surface area contributed by atoms with Gasteiger partial charge < -0.3 is 5.32 Å². The van der Waals surface area contributed by atoms with Crippen molar-refractivity contribution in [2.24, 2.45) is 7.05 Å². The zero-order valence-corrected chi connectivity index (χ0v) is 10.6. The lowest BCUT2D eigenvalue weighted by Gasteiger charge is -2.02. The highest BCUT2D eigenvalue weighted by atomic mass is 32.1. The highest BCUT2D eigenvalue weighted by molar-refractivity contribution is 7.11. The van der Waals surface area contributed by atoms with Gasteiger partial charge in [0.1, 0.15) is 0 Å². The van der Waals surface area contributed by atoms with E-state index in [0.717, 1.165) is 18.1 Å². The Hall–Kier alpha value is -1.20. The molecule has 0 fully saturated rings. The molecule has 1 N–H and O–H groups in total. The Bertz CT molecular complexity index is 472. The number of nitrogens with zero attached hydrogens (tertiary/aromatic N) is 3. The largest absolute Gasteiger partial charge is 0.308 e. The Morgan fingerprint density at radius 3 is 2.69 bits per heavy atom. The lowest BCUT2D eigenvalue weighted by molar-refractivity contribution is 0.690. The normalized spacial score (nSPS) is 10.9. The van der Waals surface area contributed by atoms with Gasteiger partial charge in [0, 0.05) is 42.5 Å². The van der Waals surface area contributed by atoms with E-state index < -0.39 is 0 Å². The van der Waals surface area contributed by atoms with Crippen LogP contribution in [0, 0.1) is 13.8 Å². The monoisotopic (exact) mass is 236 g/mol. The van der Waals surface area contributed by atoms with Crippen LogP contribution in [0.25, 0.3) is 0 Å². The number of aromatic nitrogens is 3. The van der Waals surface area contributed by atoms with Gasteiger partial charge in [-0.05, 0) is 13.8 Å². The van der Waals surface area contributed by atoms with Crippen molar-refractivity contribution in [3.63, 3.8) is 0 Å². The fraction of sp³-hybridized carbons (Fsp3) is 0.455. The molecule has 0 bridgehead atoms. The summed E-state index contributed by atoms with van der Waals surface area (Å²) in [4.78, 5) is 5.50. The predicted molar refractivity (Wildman–Crippen MR) is 65.3 cm³/mol. The van der Waals surface area contributed by atoms with E-state index in [-0.39, 0.29) is 0 Å². The number of rotatable bonds is 4. The molecule has 0 radical (unpaired) electrons. The van der Waals surface area contributed by atoms with E-state index in [1.807, 2.05) is 31.0 Å². The van der Waals surface area contributed by atoms with Crippen molar-refractivity contribution in [3.05, 3.63) is 33.5 Å². The minimum Gasteiger partial charge on any atom is -0.308 e. The smallest absolute Gasteiger partial charge is 0.0897 e. The summed E-state index contributed by atoms with van der Waals surface area (Å²) in [7, 11) is 1.96. The van der Waals surface area contributed by atoms with Gasteiger partial charge >= 0.3 is 0 Å². The quantitative estimate of drug-likeness (QED) is 0.880. The van der Waals surface area contributed by atoms with Gasteiger partial charge in [-0.25, -0.2) is 4.98 Å². The fourth-order valence-electron chi connectivity index (χ4n) is 1.53. The van der Waals surface area contributed by atoms with E-state index in [2.05, 4.69) is 22.3 Å². The molecule has 0 amide bonds. The third-order valence-corrected chi connectivity index (χ3v) is 3.53. The summed E-state index contributed by atoms with van der Waals surface area (Å²) in [5.74, 6) is 0. The maximum Gasteiger partial charge on any atom is 0.0897 e. The second kappa shape index (κ2) is 4.76. The summed E-state index contributed by atoms with van der Waals surface area (Å²) < 4.78 is 1.90. The predicted octanol–water partition coefficient (Wildman–Crippen LogP) is 1.78. The van der Waals surface area contributed by atoms with E-state index in [9.17, 15) is 0 Å². The molecule has 2 rings (SSSR count). The number of nitrogens with one attached hydrogen (secondary N) is 1. The van der Waals surface area contributed by atoms with Gasteiger partial charge in [-0.1, -0.05) is 0 Å². The standard InChI is InChI=1S/C11H16N4S/c1-8-10(5-14-15(8)3)4-12-6-11-7-13-9(2)16-11/h5,7,12H,4,6H2,1-3H3. The Morgan fingerprint density at radius 1 is 1.31 bits per heavy atom. The molecule has 16 heavy (non-hydrogen) atoms. The average molecular weight is 236 g/mol. The molecular formula is C11H16N4S. The second-order valence-electron chi connectivity index (χ2n) is 3.83.